The summed E-state index contributed by atoms with van der Waals surface area (Å²) in [6.45, 7) is 3.07. The van der Waals surface area contributed by atoms with Gasteiger partial charge in [0.15, 0.2) is 0 Å². The summed E-state index contributed by atoms with van der Waals surface area (Å²) in [6, 6.07) is 3.60. The predicted molar refractivity (Wildman–Crippen MR) is 83.8 cm³/mol. The van der Waals surface area contributed by atoms with E-state index in [-0.39, 0.29) is 0 Å². The van der Waals surface area contributed by atoms with Crippen molar-refractivity contribution in [2.24, 2.45) is 0 Å². The molecular weight excluding hydrogens is 272 g/mol. The SMILES string of the molecule is CCCn1cc2c3c(cc(C(=O)O)cc31)N(C)SCC2. The van der Waals surface area contributed by atoms with Crippen LogP contribution in [0.1, 0.15) is 29.3 Å². The molecule has 1 N–H and O–H groups in total. The van der Waals surface area contributed by atoms with Crippen LogP contribution in [-0.2, 0) is 13.0 Å². The Kier molecular flexibility index (Phi) is 3.38. The zero-order chi connectivity index (χ0) is 14.3. The van der Waals surface area contributed by atoms with Gasteiger partial charge in [-0.05, 0) is 42.5 Å². The van der Waals surface area contributed by atoms with Gasteiger partial charge in [0.2, 0.25) is 0 Å². The summed E-state index contributed by atoms with van der Waals surface area (Å²) in [4.78, 5) is 11.4. The zero-order valence-electron chi connectivity index (χ0n) is 11.7. The highest BCUT2D eigenvalue weighted by atomic mass is 32.2. The number of aromatic carboxylic acids is 1. The lowest BCUT2D eigenvalue weighted by Crippen LogP contribution is -2.09. The summed E-state index contributed by atoms with van der Waals surface area (Å²) in [5, 5.41) is 10.6. The molecule has 0 fully saturated rings. The normalized spacial score (nSPS) is 14.6. The van der Waals surface area contributed by atoms with Gasteiger partial charge >= 0.3 is 5.97 Å². The van der Waals surface area contributed by atoms with Crippen molar-refractivity contribution in [2.45, 2.75) is 26.3 Å². The van der Waals surface area contributed by atoms with Crippen LogP contribution in [0.25, 0.3) is 10.9 Å². The fourth-order valence-corrected chi connectivity index (χ4v) is 3.71. The molecule has 106 valence electrons. The minimum absolute atomic E-state index is 0.365. The minimum atomic E-state index is -0.864. The van der Waals surface area contributed by atoms with E-state index < -0.39 is 5.97 Å². The second-order valence-electron chi connectivity index (χ2n) is 5.12. The number of carboxylic acids is 1. The summed E-state index contributed by atoms with van der Waals surface area (Å²) in [5.74, 6) is 0.162. The lowest BCUT2D eigenvalue weighted by Gasteiger charge is -2.18. The van der Waals surface area contributed by atoms with Crippen LogP contribution in [0.3, 0.4) is 0 Å². The maximum atomic E-state index is 11.4. The van der Waals surface area contributed by atoms with Gasteiger partial charge in [-0.15, -0.1) is 0 Å². The van der Waals surface area contributed by atoms with Gasteiger partial charge in [0, 0.05) is 30.9 Å². The summed E-state index contributed by atoms with van der Waals surface area (Å²) in [5.41, 5.74) is 3.76. The molecule has 0 amide bonds. The molecule has 2 heterocycles. The van der Waals surface area contributed by atoms with Gasteiger partial charge in [-0.1, -0.05) is 6.92 Å². The Bertz CT molecular complexity index is 678. The van der Waals surface area contributed by atoms with Gasteiger partial charge in [0.05, 0.1) is 16.8 Å². The Hall–Kier alpha value is -1.62. The maximum Gasteiger partial charge on any atom is 0.335 e. The third kappa shape index (κ3) is 2.06. The van der Waals surface area contributed by atoms with E-state index in [9.17, 15) is 9.90 Å². The Morgan fingerprint density at radius 1 is 1.45 bits per heavy atom. The largest absolute Gasteiger partial charge is 0.478 e. The molecule has 0 unspecified atom stereocenters. The van der Waals surface area contributed by atoms with Crippen LogP contribution in [0.5, 0.6) is 0 Å². The van der Waals surface area contributed by atoms with Crippen molar-refractivity contribution in [3.8, 4) is 0 Å². The van der Waals surface area contributed by atoms with Crippen molar-refractivity contribution < 1.29 is 9.90 Å². The van der Waals surface area contributed by atoms with E-state index in [1.165, 1.54) is 10.9 Å². The van der Waals surface area contributed by atoms with Crippen LogP contribution in [0.15, 0.2) is 18.3 Å². The van der Waals surface area contributed by atoms with Gasteiger partial charge in [0.25, 0.3) is 0 Å². The van der Waals surface area contributed by atoms with Crippen molar-refractivity contribution in [3.63, 3.8) is 0 Å². The maximum absolute atomic E-state index is 11.4. The first kappa shape index (κ1) is 13.4. The highest BCUT2D eigenvalue weighted by Crippen LogP contribution is 2.38. The van der Waals surface area contributed by atoms with Gasteiger partial charge in [0.1, 0.15) is 0 Å². The Labute approximate surface area is 122 Å². The molecule has 0 atom stereocenters. The third-order valence-corrected chi connectivity index (χ3v) is 4.72. The van der Waals surface area contributed by atoms with E-state index in [1.807, 2.05) is 13.1 Å². The van der Waals surface area contributed by atoms with Crippen molar-refractivity contribution in [1.82, 2.24) is 4.57 Å². The molecule has 0 spiro atoms. The highest BCUT2D eigenvalue weighted by Gasteiger charge is 2.21. The number of rotatable bonds is 3. The molecule has 0 aliphatic carbocycles. The number of aromatic nitrogens is 1. The van der Waals surface area contributed by atoms with Crippen molar-refractivity contribution in [2.75, 3.05) is 17.1 Å². The number of carboxylic acid groups (broad SMARTS) is 1. The average molecular weight is 290 g/mol. The number of anilines is 1. The van der Waals surface area contributed by atoms with E-state index in [2.05, 4.69) is 22.0 Å². The molecule has 5 heteroatoms. The standard InChI is InChI=1S/C15H18N2O2S/c1-3-5-17-9-10-4-6-20-16(2)12-7-11(15(18)19)8-13(17)14(10)12/h7-9H,3-6H2,1-2H3,(H,18,19). The monoisotopic (exact) mass is 290 g/mol. The molecule has 0 radical (unpaired) electrons. The van der Waals surface area contributed by atoms with Crippen LogP contribution < -0.4 is 4.31 Å². The lowest BCUT2D eigenvalue weighted by atomic mass is 10.1. The number of hydrogen-bond donors (Lipinski definition) is 1. The second-order valence-corrected chi connectivity index (χ2v) is 6.34. The highest BCUT2D eigenvalue weighted by molar-refractivity contribution is 8.00. The molecule has 20 heavy (non-hydrogen) atoms. The number of carbonyl (C=O) groups is 1. The Morgan fingerprint density at radius 3 is 2.95 bits per heavy atom. The molecule has 0 saturated carbocycles. The summed E-state index contributed by atoms with van der Waals surface area (Å²) in [7, 11) is 2.01. The van der Waals surface area contributed by atoms with Crippen molar-refractivity contribution >= 4 is 34.5 Å². The molecule has 2 aromatic rings. The van der Waals surface area contributed by atoms with Gasteiger partial charge in [-0.25, -0.2) is 4.79 Å². The van der Waals surface area contributed by atoms with Crippen LogP contribution in [0.2, 0.25) is 0 Å². The Morgan fingerprint density at radius 2 is 2.25 bits per heavy atom. The topological polar surface area (TPSA) is 45.5 Å². The fraction of sp³-hybridized carbons (Fsp3) is 0.400. The van der Waals surface area contributed by atoms with E-state index in [0.29, 0.717) is 5.56 Å². The average Bonchev–Trinajstić information content (AvgIpc) is 2.67. The van der Waals surface area contributed by atoms with Crippen LogP contribution in [0, 0.1) is 0 Å². The van der Waals surface area contributed by atoms with E-state index in [0.717, 1.165) is 36.3 Å². The molecule has 1 aliphatic rings. The van der Waals surface area contributed by atoms with Gasteiger partial charge in [-0.3, -0.25) is 0 Å². The first-order chi connectivity index (χ1) is 9.61. The molecule has 4 nitrogen and oxygen atoms in total. The number of nitrogens with zero attached hydrogens (tertiary/aromatic N) is 2. The second kappa shape index (κ2) is 5.05. The molecule has 1 aromatic heterocycles. The van der Waals surface area contributed by atoms with Crippen molar-refractivity contribution in [1.29, 1.82) is 0 Å². The zero-order valence-corrected chi connectivity index (χ0v) is 12.5. The molecular formula is C15H18N2O2S. The number of aryl methyl sites for hydroxylation is 2. The smallest absolute Gasteiger partial charge is 0.335 e. The quantitative estimate of drug-likeness (QED) is 0.880. The lowest BCUT2D eigenvalue weighted by molar-refractivity contribution is 0.0697. The molecule has 0 bridgehead atoms. The fourth-order valence-electron chi connectivity index (χ4n) is 2.84. The predicted octanol–water partition coefficient (Wildman–Crippen LogP) is 3.39. The van der Waals surface area contributed by atoms with E-state index in [1.54, 1.807) is 18.0 Å². The number of hydrogen-bond acceptors (Lipinski definition) is 3. The third-order valence-electron chi connectivity index (χ3n) is 3.75. The molecule has 0 saturated heterocycles. The van der Waals surface area contributed by atoms with E-state index >= 15 is 0 Å². The first-order valence-corrected chi connectivity index (χ1v) is 7.81. The van der Waals surface area contributed by atoms with E-state index in [4.69, 9.17) is 0 Å². The summed E-state index contributed by atoms with van der Waals surface area (Å²) in [6.07, 6.45) is 4.27. The van der Waals surface area contributed by atoms with Gasteiger partial charge in [-0.2, -0.15) is 0 Å². The van der Waals surface area contributed by atoms with Crippen LogP contribution in [0.4, 0.5) is 5.69 Å². The molecule has 3 rings (SSSR count). The van der Waals surface area contributed by atoms with Gasteiger partial charge < -0.3 is 14.0 Å². The number of benzene rings is 1. The Balaban J connectivity index is 2.33. The van der Waals surface area contributed by atoms with Crippen molar-refractivity contribution in [3.05, 3.63) is 29.5 Å². The first-order valence-electron chi connectivity index (χ1n) is 6.87. The molecule has 1 aliphatic heterocycles. The minimum Gasteiger partial charge on any atom is -0.478 e. The van der Waals surface area contributed by atoms with Crippen LogP contribution >= 0.6 is 11.9 Å². The summed E-state index contributed by atoms with van der Waals surface area (Å²) < 4.78 is 4.30. The van der Waals surface area contributed by atoms with Crippen LogP contribution in [-0.4, -0.2) is 28.4 Å². The summed E-state index contributed by atoms with van der Waals surface area (Å²) >= 11 is 1.74. The molecule has 1 aromatic carbocycles.